The molecule has 2 aromatic rings. The molecule has 51 heavy (non-hydrogen) atoms. The molecule has 7 unspecified atom stereocenters. The molecule has 0 amide bonds. The van der Waals surface area contributed by atoms with Crippen molar-refractivity contribution in [3.63, 3.8) is 0 Å². The van der Waals surface area contributed by atoms with Crippen molar-refractivity contribution in [2.75, 3.05) is 6.16 Å². The topological polar surface area (TPSA) is 0 Å². The van der Waals surface area contributed by atoms with Crippen LogP contribution in [0.15, 0.2) is 60.7 Å². The van der Waals surface area contributed by atoms with Gasteiger partial charge in [-0.05, 0) is 0 Å². The molecule has 2 aromatic carbocycles. The Morgan fingerprint density at radius 2 is 0.922 bits per heavy atom. The molecule has 8 saturated carbocycles. The minimum absolute atomic E-state index is 0.171. The monoisotopic (exact) mass is 736 g/mol. The number of hydrogen-bond donors (Lipinski definition) is 0. The summed E-state index contributed by atoms with van der Waals surface area (Å²) < 4.78 is 2.83. The zero-order chi connectivity index (χ0) is 32.8. The summed E-state index contributed by atoms with van der Waals surface area (Å²) in [6.07, 6.45) is 22.0. The molecule has 0 radical (unpaired) electrons. The molecule has 2 heteroatoms. The van der Waals surface area contributed by atoms with Crippen molar-refractivity contribution in [3.8, 4) is 0 Å². The second-order valence-electron chi connectivity index (χ2n) is 25.8. The van der Waals surface area contributed by atoms with Gasteiger partial charge in [0.2, 0.25) is 0 Å². The van der Waals surface area contributed by atoms with Gasteiger partial charge in [-0.1, -0.05) is 0 Å². The van der Waals surface area contributed by atoms with E-state index in [1.807, 2.05) is 6.16 Å². The molecule has 0 N–H and O–H groups in total. The Kier molecular flexibility index (Phi) is 2.68. The SMILES string of the molecule is CC(C[C]12[CH]3[CH]4[C]5(CP(C6C7CC8CC(C7)CC6C8)C6C7CC8CC(C7)CC6C8)[C]1(CC(C)c1ccccc1)[Fe]34251678[CH]2[CH]1[CH]6[CH]7[CH]28)c1ccccc1. The van der Waals surface area contributed by atoms with Crippen LogP contribution in [-0.4, -0.2) is 17.5 Å². The molecule has 10 saturated heterocycles. The van der Waals surface area contributed by atoms with Gasteiger partial charge in [0.05, 0.1) is 0 Å². The van der Waals surface area contributed by atoms with Crippen molar-refractivity contribution in [3.05, 3.63) is 71.8 Å². The van der Waals surface area contributed by atoms with Crippen LogP contribution in [-0.2, 0) is 6.51 Å². The van der Waals surface area contributed by atoms with Gasteiger partial charge in [-0.15, -0.1) is 0 Å². The predicted molar refractivity (Wildman–Crippen MR) is 207 cm³/mol. The third kappa shape index (κ3) is 0.941. The second kappa shape index (κ2) is 5.05. The molecule has 8 bridgehead atoms. The Hall–Kier alpha value is -0.611. The van der Waals surface area contributed by atoms with Gasteiger partial charge in [-0.2, -0.15) is 0 Å². The van der Waals surface area contributed by atoms with Crippen LogP contribution in [0.2, 0.25) is 46.7 Å². The standard InChI is InChI=1S/C44H56P.C5H5.Fe/c1-28(34-9-5-3-6-10-34)15-36-13-14-37(42(36)16-29(2)35-11-7-4-8-12-35)27-45(43-38-19-30-17-31(21-38)22-39(43)20-30)44-40-23-32-18-33(25-40)26-41(44)24-32;1-2-4-5-3-1;/h3-14,28-33,38-41,43-44H,15-27H2,1-2H3;1-5H;. The van der Waals surface area contributed by atoms with Gasteiger partial charge in [0, 0.05) is 0 Å². The first-order valence-corrected chi connectivity index (χ1v) is 30.6. The number of benzene rings is 2. The first kappa shape index (κ1) is 27.1. The van der Waals surface area contributed by atoms with Crippen molar-refractivity contribution in [1.29, 1.82) is 0 Å². The maximum atomic E-state index is 2.75. The average Bonchev–Trinajstić information content (AvgIpc) is 4.09. The molecule has 0 nitrogen and oxygen atoms in total. The fourth-order valence-electron chi connectivity index (χ4n) is 32.2. The van der Waals surface area contributed by atoms with Crippen LogP contribution in [0, 0.1) is 47.3 Å². The Balaban J connectivity index is 0.847. The second-order valence-corrected chi connectivity index (χ2v) is 51.6. The molecule has 10 aliphatic heterocycles. The number of fused-ring (bicyclic) bond motifs is 10. The van der Waals surface area contributed by atoms with E-state index in [1.54, 1.807) is 88.2 Å². The van der Waals surface area contributed by atoms with Crippen molar-refractivity contribution in [2.45, 2.75) is 161 Å². The summed E-state index contributed by atoms with van der Waals surface area (Å²) in [6, 6.07) is 24.2. The van der Waals surface area contributed by atoms with Crippen molar-refractivity contribution < 1.29 is 6.51 Å². The molecule has 1 spiro atoms. The summed E-state index contributed by atoms with van der Waals surface area (Å²) in [5, 5.41) is 0. The summed E-state index contributed by atoms with van der Waals surface area (Å²) in [7, 11) is 0.171. The summed E-state index contributed by atoms with van der Waals surface area (Å²) in [4.78, 5) is 9.82. The molecule has 18 aliphatic rings. The molecule has 10 heterocycles. The zero-order valence-electron chi connectivity index (χ0n) is 31.2. The van der Waals surface area contributed by atoms with Crippen LogP contribution in [0.4, 0.5) is 0 Å². The van der Waals surface area contributed by atoms with Crippen LogP contribution in [0.5, 0.6) is 0 Å². The van der Waals surface area contributed by atoms with Gasteiger partial charge < -0.3 is 0 Å². The first-order valence-electron chi connectivity index (χ1n) is 22.8. The first-order chi connectivity index (χ1) is 24.7. The Morgan fingerprint density at radius 3 is 1.33 bits per heavy atom. The van der Waals surface area contributed by atoms with Crippen molar-refractivity contribution in [1.82, 2.24) is 0 Å². The third-order valence-electron chi connectivity index (χ3n) is 29.5. The van der Waals surface area contributed by atoms with Gasteiger partial charge >= 0.3 is 300 Å². The zero-order valence-corrected chi connectivity index (χ0v) is 33.2. The predicted octanol–water partition coefficient (Wildman–Crippen LogP) is 14.0. The van der Waals surface area contributed by atoms with Crippen LogP contribution >= 0.6 is 7.92 Å². The van der Waals surface area contributed by atoms with Gasteiger partial charge in [0.25, 0.3) is 0 Å². The van der Waals surface area contributed by atoms with E-state index in [9.17, 15) is 0 Å². The van der Waals surface area contributed by atoms with Gasteiger partial charge in [0.15, 0.2) is 0 Å². The van der Waals surface area contributed by atoms with Crippen LogP contribution in [0.3, 0.4) is 0 Å². The number of hydrogen-bond acceptors (Lipinski definition) is 0. The molecule has 8 aliphatic carbocycles. The molecular formula is C49H61FeP. The minimum atomic E-state index is -3.91. The van der Waals surface area contributed by atoms with E-state index in [4.69, 9.17) is 0 Å². The van der Waals surface area contributed by atoms with Crippen LogP contribution < -0.4 is 0 Å². The van der Waals surface area contributed by atoms with Crippen molar-refractivity contribution in [2.24, 2.45) is 47.3 Å². The quantitative estimate of drug-likeness (QED) is 0.168. The van der Waals surface area contributed by atoms with Gasteiger partial charge in [-0.3, -0.25) is 0 Å². The van der Waals surface area contributed by atoms with E-state index in [1.165, 1.54) is 68.7 Å². The third-order valence-corrected chi connectivity index (χ3v) is 78.9. The molecule has 270 valence electrons. The fraction of sp³-hybridized carbons (Fsp3) is 0.755. The maximum absolute atomic E-state index is 3.91. The Bertz CT molecular complexity index is 2300. The van der Waals surface area contributed by atoms with E-state index in [2.05, 4.69) is 74.5 Å². The van der Waals surface area contributed by atoms with Crippen LogP contribution in [0.1, 0.15) is 114 Å². The van der Waals surface area contributed by atoms with E-state index in [0.29, 0.717) is 0 Å². The molecule has 20 rings (SSSR count). The summed E-state index contributed by atoms with van der Waals surface area (Å²) in [6.45, 7) is 1.56. The molecule has 0 aromatic heterocycles. The molecule has 18 fully saturated rings. The Labute approximate surface area is 298 Å². The summed E-state index contributed by atoms with van der Waals surface area (Å²) in [5.41, 5.74) is 5.84. The molecular weight excluding hydrogens is 675 g/mol. The normalized spacial score (nSPS) is 74.0. The summed E-state index contributed by atoms with van der Waals surface area (Å²) in [5.74, 6) is 10.8. The van der Waals surface area contributed by atoms with Gasteiger partial charge in [0.1, 0.15) is 0 Å². The van der Waals surface area contributed by atoms with Crippen molar-refractivity contribution >= 4 is 7.92 Å². The summed E-state index contributed by atoms with van der Waals surface area (Å²) >= 11 is 0. The Morgan fingerprint density at radius 1 is 0.529 bits per heavy atom. The fourth-order valence-corrected chi connectivity index (χ4v) is 121. The molecule has 7 atom stereocenters. The average molecular weight is 737 g/mol. The van der Waals surface area contributed by atoms with E-state index in [-0.39, 0.29) is 7.92 Å². The van der Waals surface area contributed by atoms with Gasteiger partial charge in [-0.25, -0.2) is 0 Å². The number of rotatable bonds is 10. The van der Waals surface area contributed by atoms with Crippen LogP contribution in [0.25, 0.3) is 0 Å². The van der Waals surface area contributed by atoms with E-state index in [0.717, 1.165) is 48.4 Å². The van der Waals surface area contributed by atoms with E-state index < -0.39 is 6.51 Å². The van der Waals surface area contributed by atoms with E-state index >= 15 is 0 Å².